The molecule has 2 rings (SSSR count). The highest BCUT2D eigenvalue weighted by molar-refractivity contribution is 5.23. The molecule has 5 nitrogen and oxygen atoms in total. The van der Waals surface area contributed by atoms with Crippen LogP contribution in [0, 0.1) is 5.92 Å². The third-order valence-electron chi connectivity index (χ3n) is 3.64. The Kier molecular flexibility index (Phi) is 4.28. The van der Waals surface area contributed by atoms with Gasteiger partial charge in [0.05, 0.1) is 11.8 Å². The summed E-state index contributed by atoms with van der Waals surface area (Å²) in [4.78, 5) is 0. The van der Waals surface area contributed by atoms with E-state index in [-0.39, 0.29) is 11.5 Å². The van der Waals surface area contributed by atoms with Gasteiger partial charge in [0.2, 0.25) is 0 Å². The number of rotatable bonds is 4. The summed E-state index contributed by atoms with van der Waals surface area (Å²) in [6.45, 7) is 9.81. The molecule has 1 fully saturated rings. The summed E-state index contributed by atoms with van der Waals surface area (Å²) in [6, 6.07) is 0. The number of hydrogen-bond acceptors (Lipinski definition) is 4. The normalized spacial score (nSPS) is 24.1. The lowest BCUT2D eigenvalue weighted by atomic mass is 9.89. The molecule has 1 aromatic rings. The molecule has 2 unspecified atom stereocenters. The molecule has 1 aliphatic rings. The fourth-order valence-electron chi connectivity index (χ4n) is 2.62. The minimum atomic E-state index is -0.219. The van der Waals surface area contributed by atoms with Gasteiger partial charge >= 0.3 is 0 Å². The van der Waals surface area contributed by atoms with Crippen molar-refractivity contribution in [2.45, 2.75) is 38.8 Å². The summed E-state index contributed by atoms with van der Waals surface area (Å²) in [6.07, 6.45) is 1.86. The van der Waals surface area contributed by atoms with Crippen molar-refractivity contribution in [2.75, 3.05) is 19.6 Å². The Hall–Kier alpha value is -0.910. The lowest BCUT2D eigenvalue weighted by Gasteiger charge is -2.18. The predicted octanol–water partition coefficient (Wildman–Crippen LogP) is 0.388. The summed E-state index contributed by atoms with van der Waals surface area (Å²) in [7, 11) is 1.96. The van der Waals surface area contributed by atoms with E-state index in [0.717, 1.165) is 25.3 Å². The highest BCUT2D eigenvalue weighted by atomic mass is 16.3. The molecule has 19 heavy (non-hydrogen) atoms. The van der Waals surface area contributed by atoms with E-state index in [2.05, 4.69) is 42.7 Å². The van der Waals surface area contributed by atoms with E-state index in [1.54, 1.807) is 0 Å². The monoisotopic (exact) mass is 266 g/mol. The van der Waals surface area contributed by atoms with Crippen molar-refractivity contribution in [1.29, 1.82) is 0 Å². The average molecular weight is 266 g/mol. The molecular weight excluding hydrogens is 240 g/mol. The van der Waals surface area contributed by atoms with Crippen LogP contribution in [0.4, 0.5) is 0 Å². The number of aromatic nitrogens is 2. The number of aryl methyl sites for hydroxylation is 1. The van der Waals surface area contributed by atoms with E-state index in [1.807, 2.05) is 11.7 Å². The fraction of sp³-hybridized carbons (Fsp3) is 0.786. The zero-order chi connectivity index (χ0) is 14.0. The molecule has 2 heterocycles. The Labute approximate surface area is 115 Å². The maximum Gasteiger partial charge on any atom is 0.0722 e. The van der Waals surface area contributed by atoms with Crippen LogP contribution in [-0.4, -0.2) is 40.6 Å². The maximum atomic E-state index is 9.76. The molecule has 0 aromatic carbocycles. The van der Waals surface area contributed by atoms with Gasteiger partial charge in [-0.1, -0.05) is 20.8 Å². The SMILES string of the molecule is Cn1cc(CNCC2CNCC2O)c(C(C)(C)C)n1. The average Bonchev–Trinajstić information content (AvgIpc) is 2.85. The summed E-state index contributed by atoms with van der Waals surface area (Å²) >= 11 is 0. The molecule has 5 heteroatoms. The molecule has 0 bridgehead atoms. The first-order valence-corrected chi connectivity index (χ1v) is 7.00. The molecule has 0 radical (unpaired) electrons. The number of aliphatic hydroxyl groups is 1. The molecule has 0 spiro atoms. The number of hydrogen-bond donors (Lipinski definition) is 3. The van der Waals surface area contributed by atoms with Gasteiger partial charge in [-0.15, -0.1) is 0 Å². The molecule has 1 saturated heterocycles. The van der Waals surface area contributed by atoms with Crippen LogP contribution >= 0.6 is 0 Å². The van der Waals surface area contributed by atoms with E-state index in [4.69, 9.17) is 0 Å². The van der Waals surface area contributed by atoms with Crippen LogP contribution in [0.1, 0.15) is 32.0 Å². The minimum absolute atomic E-state index is 0.0622. The van der Waals surface area contributed by atoms with E-state index in [1.165, 1.54) is 5.56 Å². The van der Waals surface area contributed by atoms with Crippen LogP contribution in [-0.2, 0) is 19.0 Å². The first-order valence-electron chi connectivity index (χ1n) is 7.00. The summed E-state index contributed by atoms with van der Waals surface area (Å²) in [5.74, 6) is 0.315. The molecule has 0 amide bonds. The largest absolute Gasteiger partial charge is 0.391 e. The van der Waals surface area contributed by atoms with Crippen molar-refractivity contribution in [2.24, 2.45) is 13.0 Å². The third kappa shape index (κ3) is 3.55. The van der Waals surface area contributed by atoms with Crippen molar-refractivity contribution in [3.63, 3.8) is 0 Å². The van der Waals surface area contributed by atoms with Crippen molar-refractivity contribution < 1.29 is 5.11 Å². The number of β-amino-alcohol motifs (C(OH)–C–C–N with tert-alkyl or cyclic N) is 1. The van der Waals surface area contributed by atoms with Crippen LogP contribution in [0.5, 0.6) is 0 Å². The molecule has 3 N–H and O–H groups in total. The Morgan fingerprint density at radius 1 is 1.47 bits per heavy atom. The standard InChI is InChI=1S/C14H26N4O/c1-14(2,3)13-11(9-18(4)17-13)7-15-5-10-6-16-8-12(10)19/h9-10,12,15-16,19H,5-8H2,1-4H3. The smallest absolute Gasteiger partial charge is 0.0722 e. The summed E-state index contributed by atoms with van der Waals surface area (Å²) in [5, 5.41) is 21.0. The van der Waals surface area contributed by atoms with Gasteiger partial charge in [-0.3, -0.25) is 4.68 Å². The zero-order valence-electron chi connectivity index (χ0n) is 12.4. The van der Waals surface area contributed by atoms with Gasteiger partial charge in [0.15, 0.2) is 0 Å². The van der Waals surface area contributed by atoms with Crippen molar-refractivity contribution in [3.05, 3.63) is 17.5 Å². The topological polar surface area (TPSA) is 62.1 Å². The first-order chi connectivity index (χ1) is 8.88. The van der Waals surface area contributed by atoms with E-state index < -0.39 is 0 Å². The van der Waals surface area contributed by atoms with Crippen molar-refractivity contribution in [3.8, 4) is 0 Å². The Balaban J connectivity index is 1.92. The van der Waals surface area contributed by atoms with Gasteiger partial charge in [-0.2, -0.15) is 5.10 Å². The Morgan fingerprint density at radius 3 is 2.79 bits per heavy atom. The van der Waals surface area contributed by atoms with Crippen LogP contribution in [0.2, 0.25) is 0 Å². The second kappa shape index (κ2) is 5.61. The molecule has 0 aliphatic carbocycles. The molecular formula is C14H26N4O. The summed E-state index contributed by atoms with van der Waals surface area (Å²) < 4.78 is 1.88. The van der Waals surface area contributed by atoms with Gasteiger partial charge in [0, 0.05) is 56.3 Å². The molecule has 108 valence electrons. The Morgan fingerprint density at radius 2 is 2.21 bits per heavy atom. The quantitative estimate of drug-likeness (QED) is 0.738. The molecule has 2 atom stereocenters. The summed E-state index contributed by atoms with van der Waals surface area (Å²) in [5.41, 5.74) is 2.45. The second-order valence-electron chi connectivity index (χ2n) is 6.54. The number of aliphatic hydroxyl groups excluding tert-OH is 1. The molecule has 0 saturated carbocycles. The fourth-order valence-corrected chi connectivity index (χ4v) is 2.62. The van der Waals surface area contributed by atoms with E-state index >= 15 is 0 Å². The lowest BCUT2D eigenvalue weighted by Crippen LogP contribution is -2.30. The van der Waals surface area contributed by atoms with Crippen LogP contribution in [0.15, 0.2) is 6.20 Å². The second-order valence-corrected chi connectivity index (χ2v) is 6.54. The van der Waals surface area contributed by atoms with Gasteiger partial charge in [-0.25, -0.2) is 0 Å². The highest BCUT2D eigenvalue weighted by Crippen LogP contribution is 2.24. The lowest BCUT2D eigenvalue weighted by molar-refractivity contribution is 0.146. The maximum absolute atomic E-state index is 9.76. The predicted molar refractivity (Wildman–Crippen MR) is 76.0 cm³/mol. The van der Waals surface area contributed by atoms with Gasteiger partial charge in [0.1, 0.15) is 0 Å². The molecule has 1 aliphatic heterocycles. The number of nitrogens with one attached hydrogen (secondary N) is 2. The van der Waals surface area contributed by atoms with Crippen molar-refractivity contribution in [1.82, 2.24) is 20.4 Å². The number of nitrogens with zero attached hydrogens (tertiary/aromatic N) is 2. The van der Waals surface area contributed by atoms with Crippen LogP contribution in [0.3, 0.4) is 0 Å². The van der Waals surface area contributed by atoms with Gasteiger partial charge in [-0.05, 0) is 0 Å². The van der Waals surface area contributed by atoms with Gasteiger partial charge < -0.3 is 15.7 Å². The van der Waals surface area contributed by atoms with E-state index in [0.29, 0.717) is 12.5 Å². The third-order valence-corrected chi connectivity index (χ3v) is 3.64. The van der Waals surface area contributed by atoms with Crippen LogP contribution in [0.25, 0.3) is 0 Å². The zero-order valence-corrected chi connectivity index (χ0v) is 12.4. The highest BCUT2D eigenvalue weighted by Gasteiger charge is 2.25. The van der Waals surface area contributed by atoms with Crippen LogP contribution < -0.4 is 10.6 Å². The van der Waals surface area contributed by atoms with E-state index in [9.17, 15) is 5.11 Å². The Bertz CT molecular complexity index is 422. The first kappa shape index (κ1) is 14.5. The molecule has 1 aromatic heterocycles. The van der Waals surface area contributed by atoms with Crippen molar-refractivity contribution >= 4 is 0 Å². The minimum Gasteiger partial charge on any atom is -0.391 e. The van der Waals surface area contributed by atoms with Gasteiger partial charge in [0.25, 0.3) is 0 Å².